The summed E-state index contributed by atoms with van der Waals surface area (Å²) in [5.41, 5.74) is 8.56. The highest BCUT2D eigenvalue weighted by Gasteiger charge is 2.21. The molecule has 0 aliphatic heterocycles. The van der Waals surface area contributed by atoms with Crippen LogP contribution < -0.4 is 9.80 Å². The Labute approximate surface area is 359 Å². The minimum absolute atomic E-state index is 0.885. The van der Waals surface area contributed by atoms with Crippen LogP contribution >= 0.6 is 22.7 Å². The van der Waals surface area contributed by atoms with Crippen LogP contribution in [-0.4, -0.2) is 0 Å². The molecule has 13 rings (SSSR count). The number of nitrogens with zero attached hydrogens (tertiary/aromatic N) is 2. The molecule has 286 valence electrons. The van der Waals surface area contributed by atoms with E-state index in [-0.39, 0.29) is 0 Å². The van der Waals surface area contributed by atoms with E-state index < -0.39 is 0 Å². The molecule has 10 aromatic carbocycles. The lowest BCUT2D eigenvalue weighted by atomic mass is 10.0. The van der Waals surface area contributed by atoms with Gasteiger partial charge < -0.3 is 14.2 Å². The minimum atomic E-state index is 0.885. The SMILES string of the molecule is c1ccc(N(c2ccc3cc4c(cc3c2)oc2cc3cc(N(c5ccccc5)c5cccc6c5sc5ccccc56)ccc3cc24)c2cccc3c2sc2ccccc23)cc1. The first kappa shape index (κ1) is 34.4. The normalized spacial score (nSPS) is 11.9. The van der Waals surface area contributed by atoms with E-state index in [0.29, 0.717) is 0 Å². The van der Waals surface area contributed by atoms with Gasteiger partial charge >= 0.3 is 0 Å². The maximum absolute atomic E-state index is 6.77. The summed E-state index contributed by atoms with van der Waals surface area (Å²) in [6.07, 6.45) is 0. The second kappa shape index (κ2) is 13.5. The predicted molar refractivity (Wildman–Crippen MR) is 264 cm³/mol. The predicted octanol–water partition coefficient (Wildman–Crippen LogP) is 17.6. The van der Waals surface area contributed by atoms with Crippen LogP contribution in [-0.2, 0) is 0 Å². The Kier molecular flexibility index (Phi) is 7.65. The fourth-order valence-electron chi connectivity index (χ4n) is 9.34. The number of benzene rings is 10. The molecule has 0 unspecified atom stereocenters. The lowest BCUT2D eigenvalue weighted by Gasteiger charge is -2.26. The molecular weight excluding hydrogens is 781 g/mol. The van der Waals surface area contributed by atoms with Crippen molar-refractivity contribution in [3.63, 3.8) is 0 Å². The number of hydrogen-bond donors (Lipinski definition) is 0. The second-order valence-electron chi connectivity index (χ2n) is 15.7. The van der Waals surface area contributed by atoms with E-state index in [1.165, 1.54) is 62.5 Å². The van der Waals surface area contributed by atoms with Crippen LogP contribution in [0.3, 0.4) is 0 Å². The molecule has 0 aliphatic rings. The van der Waals surface area contributed by atoms with E-state index in [2.05, 4.69) is 216 Å². The summed E-state index contributed by atoms with van der Waals surface area (Å²) < 4.78 is 11.9. The van der Waals surface area contributed by atoms with Gasteiger partial charge in [0.2, 0.25) is 0 Å². The third-order valence-electron chi connectivity index (χ3n) is 12.1. The average molecular weight is 815 g/mol. The summed E-state index contributed by atoms with van der Waals surface area (Å²) in [6, 6.07) is 74.8. The molecule has 0 spiro atoms. The van der Waals surface area contributed by atoms with Crippen molar-refractivity contribution in [1.82, 2.24) is 0 Å². The number of hydrogen-bond acceptors (Lipinski definition) is 5. The maximum Gasteiger partial charge on any atom is 0.136 e. The highest BCUT2D eigenvalue weighted by Crippen LogP contribution is 2.47. The summed E-state index contributed by atoms with van der Waals surface area (Å²) in [5.74, 6) is 0. The quantitative estimate of drug-likeness (QED) is 0.167. The van der Waals surface area contributed by atoms with Gasteiger partial charge in [-0.3, -0.25) is 0 Å². The highest BCUT2D eigenvalue weighted by molar-refractivity contribution is 7.26. The molecule has 0 atom stereocenters. The van der Waals surface area contributed by atoms with Crippen LogP contribution in [0.5, 0.6) is 0 Å². The highest BCUT2D eigenvalue weighted by atomic mass is 32.1. The molecule has 0 aliphatic carbocycles. The minimum Gasteiger partial charge on any atom is -0.456 e. The molecule has 13 aromatic rings. The van der Waals surface area contributed by atoms with E-state index in [4.69, 9.17) is 4.42 Å². The molecule has 5 heteroatoms. The number of rotatable bonds is 6. The van der Waals surface area contributed by atoms with Crippen molar-refractivity contribution in [3.8, 4) is 0 Å². The number of furan rings is 1. The van der Waals surface area contributed by atoms with Crippen molar-refractivity contribution in [2.24, 2.45) is 0 Å². The van der Waals surface area contributed by atoms with Crippen LogP contribution in [0.15, 0.2) is 211 Å². The molecule has 3 nitrogen and oxygen atoms in total. The van der Waals surface area contributed by atoms with Gasteiger partial charge in [-0.1, -0.05) is 109 Å². The molecule has 0 bridgehead atoms. The van der Waals surface area contributed by atoms with Crippen LogP contribution in [0.4, 0.5) is 34.1 Å². The van der Waals surface area contributed by atoms with E-state index >= 15 is 0 Å². The summed E-state index contributed by atoms with van der Waals surface area (Å²) in [5, 5.41) is 12.0. The van der Waals surface area contributed by atoms with Crippen molar-refractivity contribution >= 4 is 141 Å². The molecule has 0 saturated carbocycles. The van der Waals surface area contributed by atoms with Gasteiger partial charge in [-0.2, -0.15) is 0 Å². The Hall–Kier alpha value is -7.44. The lowest BCUT2D eigenvalue weighted by molar-refractivity contribution is 0.670. The third-order valence-corrected chi connectivity index (χ3v) is 14.6. The summed E-state index contributed by atoms with van der Waals surface area (Å²) >= 11 is 3.71. The fourth-order valence-corrected chi connectivity index (χ4v) is 11.8. The fraction of sp³-hybridized carbons (Fsp3) is 0. The molecule has 3 heterocycles. The molecule has 3 aromatic heterocycles. The van der Waals surface area contributed by atoms with E-state index in [1.54, 1.807) is 0 Å². The largest absolute Gasteiger partial charge is 0.456 e. The van der Waals surface area contributed by atoms with Gasteiger partial charge in [0, 0.05) is 64.5 Å². The zero-order chi connectivity index (χ0) is 40.0. The van der Waals surface area contributed by atoms with Gasteiger partial charge in [0.25, 0.3) is 0 Å². The van der Waals surface area contributed by atoms with Gasteiger partial charge in [-0.05, 0) is 119 Å². The van der Waals surface area contributed by atoms with Gasteiger partial charge in [0.05, 0.1) is 20.8 Å². The van der Waals surface area contributed by atoms with Crippen molar-refractivity contribution in [2.45, 2.75) is 0 Å². The van der Waals surface area contributed by atoms with Crippen LogP contribution in [0.1, 0.15) is 0 Å². The Morgan fingerprint density at radius 1 is 0.295 bits per heavy atom. The molecule has 0 fully saturated rings. The lowest BCUT2D eigenvalue weighted by Crippen LogP contribution is -2.09. The Morgan fingerprint density at radius 2 is 0.721 bits per heavy atom. The van der Waals surface area contributed by atoms with Crippen molar-refractivity contribution in [1.29, 1.82) is 0 Å². The molecule has 0 saturated heterocycles. The van der Waals surface area contributed by atoms with Crippen LogP contribution in [0.2, 0.25) is 0 Å². The maximum atomic E-state index is 6.77. The van der Waals surface area contributed by atoms with E-state index in [0.717, 1.165) is 55.5 Å². The number of fused-ring (bicyclic) bond motifs is 11. The number of thiophene rings is 2. The van der Waals surface area contributed by atoms with Gasteiger partial charge in [0.1, 0.15) is 11.2 Å². The molecular formula is C56H34N2OS2. The third kappa shape index (κ3) is 5.48. The molecule has 0 amide bonds. The first-order valence-electron chi connectivity index (χ1n) is 20.6. The van der Waals surface area contributed by atoms with Crippen molar-refractivity contribution < 1.29 is 4.42 Å². The van der Waals surface area contributed by atoms with Gasteiger partial charge in [0.15, 0.2) is 0 Å². The Bertz CT molecular complexity index is 3590. The van der Waals surface area contributed by atoms with E-state index in [1.807, 2.05) is 22.7 Å². The summed E-state index contributed by atoms with van der Waals surface area (Å²) in [7, 11) is 0. The van der Waals surface area contributed by atoms with Crippen molar-refractivity contribution in [2.75, 3.05) is 9.80 Å². The first-order valence-corrected chi connectivity index (χ1v) is 22.2. The molecule has 0 radical (unpaired) electrons. The monoisotopic (exact) mass is 814 g/mol. The summed E-state index contributed by atoms with van der Waals surface area (Å²) in [6.45, 7) is 0. The van der Waals surface area contributed by atoms with Gasteiger partial charge in [-0.25, -0.2) is 0 Å². The molecule has 0 N–H and O–H groups in total. The number of para-hydroxylation sites is 2. The number of anilines is 6. The van der Waals surface area contributed by atoms with Crippen molar-refractivity contribution in [3.05, 3.63) is 206 Å². The van der Waals surface area contributed by atoms with Crippen LogP contribution in [0.25, 0.3) is 83.8 Å². The summed E-state index contributed by atoms with van der Waals surface area (Å²) in [4.78, 5) is 4.79. The van der Waals surface area contributed by atoms with E-state index in [9.17, 15) is 0 Å². The Balaban J connectivity index is 0.941. The van der Waals surface area contributed by atoms with Gasteiger partial charge in [-0.15, -0.1) is 22.7 Å². The average Bonchev–Trinajstić information content (AvgIpc) is 4.00. The standard InChI is InChI=1S/C56H34N2OS2/c1-3-13-39(14-4-1)57(49-21-11-19-45-43-17-7-9-23-53(43)60-55(45)49)41-27-25-35-31-47-48-32-36-26-28-42(30-38(36)34-52(48)59-51(47)33-37(35)29-41)58(40-15-5-2-6-16-40)50-22-12-20-46-44-18-8-10-24-54(44)61-56(46)50/h1-34H. The zero-order valence-electron chi connectivity index (χ0n) is 32.7. The molecule has 61 heavy (non-hydrogen) atoms. The Morgan fingerprint density at radius 3 is 1.20 bits per heavy atom. The smallest absolute Gasteiger partial charge is 0.136 e. The zero-order valence-corrected chi connectivity index (χ0v) is 34.4. The topological polar surface area (TPSA) is 19.6 Å². The first-order chi connectivity index (χ1) is 30.2. The second-order valence-corrected chi connectivity index (χ2v) is 17.8. The van der Waals surface area contributed by atoms with Crippen LogP contribution in [0, 0.1) is 0 Å².